The maximum absolute atomic E-state index is 14.1. The van der Waals surface area contributed by atoms with Crippen molar-refractivity contribution in [1.29, 1.82) is 0 Å². The van der Waals surface area contributed by atoms with Gasteiger partial charge >= 0.3 is 0 Å². The zero-order valence-corrected chi connectivity index (χ0v) is 17.7. The Morgan fingerprint density at radius 1 is 0.875 bits per heavy atom. The van der Waals surface area contributed by atoms with Crippen LogP contribution in [0.3, 0.4) is 0 Å². The molecule has 1 amide bonds. The number of halogens is 5. The molecule has 0 fully saturated rings. The number of benzene rings is 3. The fourth-order valence-corrected chi connectivity index (χ4v) is 4.27. The number of amides is 1. The zero-order valence-electron chi connectivity index (χ0n) is 16.2. The van der Waals surface area contributed by atoms with Crippen LogP contribution in [-0.2, 0) is 21.4 Å². The summed E-state index contributed by atoms with van der Waals surface area (Å²) >= 11 is 5.79. The fourth-order valence-electron chi connectivity index (χ4n) is 2.77. The Hall–Kier alpha value is -2.95. The van der Waals surface area contributed by atoms with Gasteiger partial charge in [-0.2, -0.15) is 4.31 Å². The molecule has 1 N–H and O–H groups in total. The van der Waals surface area contributed by atoms with Gasteiger partial charge < -0.3 is 5.32 Å². The van der Waals surface area contributed by atoms with Gasteiger partial charge in [-0.1, -0.05) is 29.8 Å². The third-order valence-electron chi connectivity index (χ3n) is 4.39. The highest BCUT2D eigenvalue weighted by molar-refractivity contribution is 7.89. The number of anilines is 1. The Labute approximate surface area is 186 Å². The van der Waals surface area contributed by atoms with Crippen LogP contribution in [0.2, 0.25) is 5.02 Å². The molecule has 0 atom stereocenters. The standard InChI is InChI=1S/C21H15ClF4N2O3S/c22-14-5-7-15(8-6-14)32(30,31)28(11-13-3-1-2-4-16(13)23)12-19(29)27-18-10-9-17(24)20(25)21(18)26/h1-10H,11-12H2,(H,27,29). The Morgan fingerprint density at radius 3 is 2.19 bits per heavy atom. The number of nitrogens with zero attached hydrogens (tertiary/aromatic N) is 1. The monoisotopic (exact) mass is 486 g/mol. The van der Waals surface area contributed by atoms with Crippen molar-refractivity contribution >= 4 is 33.2 Å². The smallest absolute Gasteiger partial charge is 0.243 e. The first kappa shape index (κ1) is 23.7. The van der Waals surface area contributed by atoms with Crippen LogP contribution in [0.5, 0.6) is 0 Å². The average molecular weight is 487 g/mol. The summed E-state index contributed by atoms with van der Waals surface area (Å²) < 4.78 is 81.4. The summed E-state index contributed by atoms with van der Waals surface area (Å²) in [5, 5.41) is 2.27. The van der Waals surface area contributed by atoms with Crippen molar-refractivity contribution in [3.8, 4) is 0 Å². The lowest BCUT2D eigenvalue weighted by atomic mass is 10.2. The van der Waals surface area contributed by atoms with Crippen molar-refractivity contribution in [2.45, 2.75) is 11.4 Å². The van der Waals surface area contributed by atoms with Gasteiger partial charge in [0.15, 0.2) is 17.5 Å². The summed E-state index contributed by atoms with van der Waals surface area (Å²) in [6.07, 6.45) is 0. The molecule has 32 heavy (non-hydrogen) atoms. The summed E-state index contributed by atoms with van der Waals surface area (Å²) in [5.41, 5.74) is -0.694. The van der Waals surface area contributed by atoms with Crippen LogP contribution < -0.4 is 5.32 Å². The summed E-state index contributed by atoms with van der Waals surface area (Å²) in [5.74, 6) is -6.63. The molecular weight excluding hydrogens is 472 g/mol. The van der Waals surface area contributed by atoms with Crippen LogP contribution in [0.15, 0.2) is 65.6 Å². The van der Waals surface area contributed by atoms with Crippen LogP contribution in [0.25, 0.3) is 0 Å². The van der Waals surface area contributed by atoms with Crippen molar-refractivity contribution in [3.05, 3.63) is 94.5 Å². The summed E-state index contributed by atoms with van der Waals surface area (Å²) in [4.78, 5) is 12.2. The Kier molecular flexibility index (Phi) is 7.17. The van der Waals surface area contributed by atoms with Crippen molar-refractivity contribution < 1.29 is 30.8 Å². The van der Waals surface area contributed by atoms with E-state index < -0.39 is 58.0 Å². The molecule has 0 saturated carbocycles. The number of hydrogen-bond donors (Lipinski definition) is 1. The van der Waals surface area contributed by atoms with Crippen LogP contribution in [-0.4, -0.2) is 25.2 Å². The second-order valence-corrected chi connectivity index (χ2v) is 8.96. The van der Waals surface area contributed by atoms with E-state index in [4.69, 9.17) is 11.6 Å². The number of sulfonamides is 1. The van der Waals surface area contributed by atoms with Crippen molar-refractivity contribution in [3.63, 3.8) is 0 Å². The van der Waals surface area contributed by atoms with Gasteiger partial charge in [-0.05, 0) is 42.5 Å². The number of nitrogens with one attached hydrogen (secondary N) is 1. The molecule has 0 aliphatic rings. The van der Waals surface area contributed by atoms with E-state index in [1.54, 1.807) is 0 Å². The van der Waals surface area contributed by atoms with E-state index in [0.29, 0.717) is 10.4 Å². The van der Waals surface area contributed by atoms with Crippen molar-refractivity contribution in [2.75, 3.05) is 11.9 Å². The van der Waals surface area contributed by atoms with Crippen LogP contribution in [0, 0.1) is 23.3 Å². The maximum atomic E-state index is 14.1. The van der Waals surface area contributed by atoms with Gasteiger partial charge in [-0.3, -0.25) is 4.79 Å². The predicted molar refractivity (Wildman–Crippen MR) is 110 cm³/mol. The third-order valence-corrected chi connectivity index (χ3v) is 6.44. The number of hydrogen-bond acceptors (Lipinski definition) is 3. The van der Waals surface area contributed by atoms with Gasteiger partial charge in [-0.15, -0.1) is 0 Å². The fraction of sp³-hybridized carbons (Fsp3) is 0.0952. The van der Waals surface area contributed by atoms with Gasteiger partial charge in [0.25, 0.3) is 0 Å². The number of carbonyl (C=O) groups is 1. The Bertz CT molecular complexity index is 1250. The van der Waals surface area contributed by atoms with Gasteiger partial charge in [0.05, 0.1) is 17.1 Å². The topological polar surface area (TPSA) is 66.5 Å². The van der Waals surface area contributed by atoms with Gasteiger partial charge in [0, 0.05) is 17.1 Å². The van der Waals surface area contributed by atoms with E-state index in [-0.39, 0.29) is 15.5 Å². The van der Waals surface area contributed by atoms with Crippen LogP contribution in [0.4, 0.5) is 23.2 Å². The van der Waals surface area contributed by atoms with Crippen LogP contribution >= 0.6 is 11.6 Å². The first-order valence-corrected chi connectivity index (χ1v) is 10.8. The highest BCUT2D eigenvalue weighted by atomic mass is 35.5. The van der Waals surface area contributed by atoms with Crippen molar-refractivity contribution in [1.82, 2.24) is 4.31 Å². The van der Waals surface area contributed by atoms with E-state index >= 15 is 0 Å². The molecule has 0 unspecified atom stereocenters. The molecule has 0 bridgehead atoms. The second kappa shape index (κ2) is 9.68. The van der Waals surface area contributed by atoms with Gasteiger partial charge in [-0.25, -0.2) is 26.0 Å². The summed E-state index contributed by atoms with van der Waals surface area (Å²) in [7, 11) is -4.33. The van der Waals surface area contributed by atoms with E-state index in [0.717, 1.165) is 12.1 Å². The third kappa shape index (κ3) is 5.26. The second-order valence-electron chi connectivity index (χ2n) is 6.59. The van der Waals surface area contributed by atoms with Crippen LogP contribution in [0.1, 0.15) is 5.56 Å². The summed E-state index contributed by atoms with van der Waals surface area (Å²) in [6.45, 7) is -1.39. The number of rotatable bonds is 7. The highest BCUT2D eigenvalue weighted by Gasteiger charge is 2.28. The Morgan fingerprint density at radius 2 is 1.53 bits per heavy atom. The van der Waals surface area contributed by atoms with E-state index in [1.807, 2.05) is 5.32 Å². The minimum absolute atomic E-state index is 0.0168. The highest BCUT2D eigenvalue weighted by Crippen LogP contribution is 2.23. The lowest BCUT2D eigenvalue weighted by molar-refractivity contribution is -0.116. The molecule has 0 aromatic heterocycles. The summed E-state index contributed by atoms with van der Waals surface area (Å²) in [6, 6.07) is 11.8. The molecule has 168 valence electrons. The number of carbonyl (C=O) groups excluding carboxylic acids is 1. The van der Waals surface area contributed by atoms with Crippen molar-refractivity contribution in [2.24, 2.45) is 0 Å². The molecule has 0 saturated heterocycles. The quantitative estimate of drug-likeness (QED) is 0.388. The minimum Gasteiger partial charge on any atom is -0.322 e. The predicted octanol–water partition coefficient (Wildman–Crippen LogP) is 4.73. The zero-order chi connectivity index (χ0) is 23.5. The SMILES string of the molecule is O=C(CN(Cc1ccccc1F)S(=O)(=O)c1ccc(Cl)cc1)Nc1ccc(F)c(F)c1F. The first-order chi connectivity index (χ1) is 15.1. The Balaban J connectivity index is 1.92. The van der Waals surface area contributed by atoms with Gasteiger partial charge in [0.2, 0.25) is 15.9 Å². The lowest BCUT2D eigenvalue weighted by Gasteiger charge is -2.22. The molecule has 3 aromatic rings. The maximum Gasteiger partial charge on any atom is 0.243 e. The average Bonchev–Trinajstić information content (AvgIpc) is 2.75. The van der Waals surface area contributed by atoms with E-state index in [9.17, 15) is 30.8 Å². The molecule has 3 rings (SSSR count). The molecule has 3 aromatic carbocycles. The molecule has 0 spiro atoms. The normalized spacial score (nSPS) is 11.6. The van der Waals surface area contributed by atoms with E-state index in [2.05, 4.69) is 0 Å². The molecule has 5 nitrogen and oxygen atoms in total. The molecule has 0 aliphatic carbocycles. The van der Waals surface area contributed by atoms with E-state index in [1.165, 1.54) is 42.5 Å². The molecule has 0 heterocycles. The molecule has 0 radical (unpaired) electrons. The lowest BCUT2D eigenvalue weighted by Crippen LogP contribution is -2.38. The van der Waals surface area contributed by atoms with Gasteiger partial charge in [0.1, 0.15) is 5.82 Å². The largest absolute Gasteiger partial charge is 0.322 e. The first-order valence-electron chi connectivity index (χ1n) is 9.02. The molecule has 0 aliphatic heterocycles. The minimum atomic E-state index is -4.33. The molecule has 11 heteroatoms. The molecular formula is C21H15ClF4N2O3S.